The van der Waals surface area contributed by atoms with Crippen LogP contribution >= 0.6 is 11.3 Å². The van der Waals surface area contributed by atoms with Gasteiger partial charge in [-0.2, -0.15) is 5.10 Å². The number of halogens is 1. The topological polar surface area (TPSA) is 107 Å². The smallest absolute Gasteiger partial charge is 0.257 e. The maximum Gasteiger partial charge on any atom is 0.257 e. The van der Waals surface area contributed by atoms with Crippen LogP contribution in [0, 0.1) is 5.82 Å². The van der Waals surface area contributed by atoms with E-state index in [1.165, 1.54) is 37.2 Å². The van der Waals surface area contributed by atoms with Crippen LogP contribution in [0.3, 0.4) is 0 Å². The third-order valence-electron chi connectivity index (χ3n) is 5.11. The largest absolute Gasteiger partial charge is 0.504 e. The molecule has 2 heterocycles. The number of amides is 2. The molecule has 0 saturated carbocycles. The van der Waals surface area contributed by atoms with Gasteiger partial charge in [0, 0.05) is 43.0 Å². The zero-order chi connectivity index (χ0) is 23.4. The van der Waals surface area contributed by atoms with Crippen LogP contribution in [0.5, 0.6) is 5.75 Å². The van der Waals surface area contributed by atoms with E-state index < -0.39 is 23.4 Å². The molecule has 3 aromatic rings. The predicted octanol–water partition coefficient (Wildman–Crippen LogP) is 3.98. The molecule has 33 heavy (non-hydrogen) atoms. The summed E-state index contributed by atoms with van der Waals surface area (Å²) < 4.78 is 14.1. The number of benzene rings is 2. The predicted molar refractivity (Wildman–Crippen MR) is 126 cm³/mol. The quantitative estimate of drug-likeness (QED) is 0.376. The van der Waals surface area contributed by atoms with Gasteiger partial charge in [-0.05, 0) is 42.7 Å². The van der Waals surface area contributed by atoms with Gasteiger partial charge in [0.05, 0.1) is 11.1 Å². The fraction of sp³-hybridized carbons (Fsp3) is 0.217. The summed E-state index contributed by atoms with van der Waals surface area (Å²) in [5.41, 5.74) is 4.25. The molecule has 0 unspecified atom stereocenters. The number of aromatic hydroxyl groups is 1. The average Bonchev–Trinajstić information content (AvgIpc) is 3.49. The average molecular weight is 468 g/mol. The molecule has 1 aromatic heterocycles. The van der Waals surface area contributed by atoms with Gasteiger partial charge in [0.25, 0.3) is 5.91 Å². The van der Waals surface area contributed by atoms with E-state index in [-0.39, 0.29) is 11.1 Å². The van der Waals surface area contributed by atoms with Crippen molar-refractivity contribution in [1.82, 2.24) is 10.4 Å². The van der Waals surface area contributed by atoms with Crippen molar-refractivity contribution in [3.05, 3.63) is 59.5 Å². The number of carbonyl (C=O) groups is 2. The van der Waals surface area contributed by atoms with E-state index in [1.807, 2.05) is 12.1 Å². The highest BCUT2D eigenvalue weighted by Gasteiger charge is 2.17. The van der Waals surface area contributed by atoms with Crippen LogP contribution in [0.4, 0.5) is 15.2 Å². The van der Waals surface area contributed by atoms with Crippen molar-refractivity contribution in [2.75, 3.05) is 23.3 Å². The molecule has 1 fully saturated rings. The zero-order valence-electron chi connectivity index (χ0n) is 17.8. The minimum Gasteiger partial charge on any atom is -0.504 e. The van der Waals surface area contributed by atoms with E-state index >= 15 is 0 Å². The van der Waals surface area contributed by atoms with Crippen LogP contribution < -0.4 is 15.6 Å². The van der Waals surface area contributed by atoms with Crippen molar-refractivity contribution >= 4 is 40.2 Å². The first-order chi connectivity index (χ1) is 15.9. The number of nitrogens with one attached hydrogen (secondary N) is 2. The minimum absolute atomic E-state index is 0.0256. The Morgan fingerprint density at radius 3 is 2.79 bits per heavy atom. The number of hydrogen-bond acceptors (Lipinski definition) is 7. The van der Waals surface area contributed by atoms with Gasteiger partial charge in [0.1, 0.15) is 0 Å². The van der Waals surface area contributed by atoms with E-state index in [4.69, 9.17) is 0 Å². The molecule has 0 atom stereocenters. The first-order valence-corrected chi connectivity index (χ1v) is 11.2. The number of nitrogens with zero attached hydrogens (tertiary/aromatic N) is 3. The summed E-state index contributed by atoms with van der Waals surface area (Å²) in [6, 6.07) is 10.4. The summed E-state index contributed by atoms with van der Waals surface area (Å²) in [6.45, 7) is 3.36. The second-order valence-corrected chi connectivity index (χ2v) is 8.58. The van der Waals surface area contributed by atoms with Crippen molar-refractivity contribution in [2.45, 2.75) is 19.8 Å². The van der Waals surface area contributed by atoms with Crippen LogP contribution in [-0.4, -0.2) is 41.2 Å². The number of carbonyl (C=O) groups excluding carboxylic acids is 2. The lowest BCUT2D eigenvalue weighted by Crippen LogP contribution is -2.17. The molecule has 1 aliphatic rings. The Balaban J connectivity index is 1.50. The Morgan fingerprint density at radius 1 is 1.24 bits per heavy atom. The number of hydrogen-bond donors (Lipinski definition) is 3. The number of phenolic OH excluding ortho intramolecular Hbond substituents is 1. The molecule has 170 valence electrons. The highest BCUT2D eigenvalue weighted by atomic mass is 32.1. The molecule has 1 saturated heterocycles. The molecule has 8 nitrogen and oxygen atoms in total. The Labute approximate surface area is 193 Å². The van der Waals surface area contributed by atoms with Gasteiger partial charge in [0.15, 0.2) is 16.7 Å². The Morgan fingerprint density at radius 2 is 2.03 bits per heavy atom. The lowest BCUT2D eigenvalue weighted by Gasteiger charge is -2.18. The minimum atomic E-state index is -0.981. The summed E-state index contributed by atoms with van der Waals surface area (Å²) in [5, 5.41) is 16.5. The van der Waals surface area contributed by atoms with Crippen LogP contribution in [0.1, 0.15) is 35.7 Å². The van der Waals surface area contributed by atoms with Crippen LogP contribution in [0.2, 0.25) is 0 Å². The van der Waals surface area contributed by atoms with Gasteiger partial charge < -0.3 is 10.0 Å². The molecular weight excluding hydrogens is 445 g/mol. The number of thiazole rings is 1. The van der Waals surface area contributed by atoms with Gasteiger partial charge in [-0.1, -0.05) is 23.5 Å². The normalized spacial score (nSPS) is 13.5. The van der Waals surface area contributed by atoms with Crippen molar-refractivity contribution in [1.29, 1.82) is 0 Å². The van der Waals surface area contributed by atoms with Crippen molar-refractivity contribution < 1.29 is 19.1 Å². The third-order valence-corrected chi connectivity index (χ3v) is 6.07. The van der Waals surface area contributed by atoms with Gasteiger partial charge in [-0.25, -0.2) is 14.8 Å². The number of anilines is 2. The van der Waals surface area contributed by atoms with Crippen LogP contribution in [-0.2, 0) is 4.79 Å². The lowest BCUT2D eigenvalue weighted by molar-refractivity contribution is -0.118. The van der Waals surface area contributed by atoms with Gasteiger partial charge in [0.2, 0.25) is 5.91 Å². The molecule has 10 heteroatoms. The molecular formula is C23H22FN5O3S. The summed E-state index contributed by atoms with van der Waals surface area (Å²) in [5.74, 6) is -2.67. The van der Waals surface area contributed by atoms with E-state index in [1.54, 1.807) is 6.20 Å². The van der Waals surface area contributed by atoms with E-state index in [0.717, 1.165) is 41.5 Å². The molecule has 3 N–H and O–H groups in total. The first-order valence-electron chi connectivity index (χ1n) is 10.4. The zero-order valence-corrected chi connectivity index (χ0v) is 18.7. The highest BCUT2D eigenvalue weighted by Crippen LogP contribution is 2.32. The Bertz CT molecular complexity index is 1220. The van der Waals surface area contributed by atoms with Gasteiger partial charge in [-0.3, -0.25) is 14.9 Å². The second-order valence-electron chi connectivity index (χ2n) is 7.55. The molecule has 4 rings (SSSR count). The summed E-state index contributed by atoms with van der Waals surface area (Å²) >= 11 is 1.31. The molecule has 1 aliphatic heterocycles. The Kier molecular flexibility index (Phi) is 6.64. The van der Waals surface area contributed by atoms with Crippen molar-refractivity contribution in [2.24, 2.45) is 5.10 Å². The number of phenols is 1. The van der Waals surface area contributed by atoms with E-state index in [2.05, 4.69) is 37.9 Å². The SMILES string of the molecule is CC(=O)N/N=C/c1cc(C(=O)Nc2ncc(-c3cccc(N4CCCC4)c3)s2)cc(F)c1O. The summed E-state index contributed by atoms with van der Waals surface area (Å²) in [6.07, 6.45) is 5.14. The van der Waals surface area contributed by atoms with Crippen LogP contribution in [0.25, 0.3) is 10.4 Å². The van der Waals surface area contributed by atoms with Crippen LogP contribution in [0.15, 0.2) is 47.7 Å². The van der Waals surface area contributed by atoms with E-state index in [9.17, 15) is 19.1 Å². The molecule has 0 radical (unpaired) electrons. The summed E-state index contributed by atoms with van der Waals surface area (Å²) in [7, 11) is 0. The van der Waals surface area contributed by atoms with Gasteiger partial charge >= 0.3 is 0 Å². The third kappa shape index (κ3) is 5.35. The van der Waals surface area contributed by atoms with E-state index in [0.29, 0.717) is 5.13 Å². The summed E-state index contributed by atoms with van der Waals surface area (Å²) in [4.78, 5) is 31.1. The van der Waals surface area contributed by atoms with Crippen molar-refractivity contribution in [3.8, 4) is 16.2 Å². The molecule has 0 bridgehead atoms. The maximum atomic E-state index is 14.1. The number of rotatable bonds is 6. The number of hydrazone groups is 1. The fourth-order valence-electron chi connectivity index (χ4n) is 3.51. The Hall–Kier alpha value is -3.79. The fourth-order valence-corrected chi connectivity index (χ4v) is 4.32. The van der Waals surface area contributed by atoms with Crippen molar-refractivity contribution in [3.63, 3.8) is 0 Å². The lowest BCUT2D eigenvalue weighted by atomic mass is 10.1. The second kappa shape index (κ2) is 9.78. The standard InChI is InChI=1S/C23H22FN5O3S/c1-14(30)28-26-12-17-9-16(11-19(24)21(17)31)22(32)27-23-25-13-20(33-23)15-5-4-6-18(10-15)29-7-2-3-8-29/h4-6,9-13,31H,2-3,7-8H2,1H3,(H,28,30)(H,25,27,32)/b26-12+. The first kappa shape index (κ1) is 22.4. The number of aromatic nitrogens is 1. The monoisotopic (exact) mass is 467 g/mol. The maximum absolute atomic E-state index is 14.1. The highest BCUT2D eigenvalue weighted by molar-refractivity contribution is 7.19. The molecule has 0 aliphatic carbocycles. The molecule has 0 spiro atoms. The van der Waals surface area contributed by atoms with Gasteiger partial charge in [-0.15, -0.1) is 0 Å². The molecule has 2 amide bonds. The molecule has 2 aromatic carbocycles.